The number of anilines is 1. The molecule has 0 heterocycles. The molecule has 0 spiro atoms. The van der Waals surface area contributed by atoms with Gasteiger partial charge in [-0.15, -0.1) is 0 Å². The van der Waals surface area contributed by atoms with Crippen molar-refractivity contribution in [2.45, 2.75) is 53.0 Å². The molecule has 0 aromatic heterocycles. The van der Waals surface area contributed by atoms with Gasteiger partial charge in [0.1, 0.15) is 0 Å². The van der Waals surface area contributed by atoms with E-state index >= 15 is 0 Å². The number of nitrogens with two attached hydrogens (primary N) is 1. The highest BCUT2D eigenvalue weighted by molar-refractivity contribution is 7.50. The van der Waals surface area contributed by atoms with Gasteiger partial charge in [-0.05, 0) is 62.6 Å². The minimum atomic E-state index is -0.810. The minimum absolute atomic E-state index is 0.0156. The molecule has 1 amide bonds. The summed E-state index contributed by atoms with van der Waals surface area (Å²) in [5, 5.41) is 2.57. The Labute approximate surface area is 142 Å². The second kappa shape index (κ2) is 10.0. The van der Waals surface area contributed by atoms with E-state index in [0.717, 1.165) is 24.7 Å². The molecule has 0 bridgehead atoms. The lowest BCUT2D eigenvalue weighted by Gasteiger charge is -2.28. The van der Waals surface area contributed by atoms with E-state index < -0.39 is 8.15 Å². The highest BCUT2D eigenvalue weighted by atomic mass is 31.1. The molecule has 5 heteroatoms. The van der Waals surface area contributed by atoms with Crippen molar-refractivity contribution in [3.63, 3.8) is 0 Å². The summed E-state index contributed by atoms with van der Waals surface area (Å²) in [4.78, 5) is 19.3. The topological polar surface area (TPSA) is 75.3 Å². The Kier molecular flexibility index (Phi) is 9.60. The SMILES string of the molecule is CC(C)(C)CC(C)(C)N.CP(O)CCc1ccc(NC=O)cc1. The number of hydrogen-bond donors (Lipinski definition) is 3. The largest absolute Gasteiger partial charge is 0.374 e. The smallest absolute Gasteiger partial charge is 0.211 e. The molecule has 0 radical (unpaired) electrons. The summed E-state index contributed by atoms with van der Waals surface area (Å²) in [5.41, 5.74) is 8.15. The van der Waals surface area contributed by atoms with Gasteiger partial charge < -0.3 is 15.9 Å². The zero-order chi connectivity index (χ0) is 18.1. The standard InChI is InChI=1S/C10H14NO2P.C8H19N/c1-14(13)7-6-9-2-4-10(5-3-9)11-8-12;1-7(2,3)6-8(4,5)9/h2-5,8,13H,6-7H2,1H3,(H,11,12);6,9H2,1-5H3. The van der Waals surface area contributed by atoms with E-state index in [1.54, 1.807) is 0 Å². The lowest BCUT2D eigenvalue weighted by Crippen LogP contribution is -2.36. The number of carbonyl (C=O) groups excluding carboxylic acids is 1. The zero-order valence-electron chi connectivity index (χ0n) is 15.4. The van der Waals surface area contributed by atoms with Crippen molar-refractivity contribution in [2.75, 3.05) is 18.1 Å². The Bertz CT molecular complexity index is 434. The van der Waals surface area contributed by atoms with Crippen LogP contribution in [0.15, 0.2) is 24.3 Å². The number of hydrogen-bond acceptors (Lipinski definition) is 3. The maximum Gasteiger partial charge on any atom is 0.211 e. The van der Waals surface area contributed by atoms with Crippen LogP contribution in [0.25, 0.3) is 0 Å². The van der Waals surface area contributed by atoms with Crippen molar-refractivity contribution >= 4 is 20.2 Å². The third kappa shape index (κ3) is 14.4. The van der Waals surface area contributed by atoms with Crippen molar-refractivity contribution in [2.24, 2.45) is 11.1 Å². The van der Waals surface area contributed by atoms with Gasteiger partial charge in [0.15, 0.2) is 0 Å². The molecule has 1 aromatic rings. The van der Waals surface area contributed by atoms with E-state index in [0.29, 0.717) is 11.8 Å². The van der Waals surface area contributed by atoms with Crippen molar-refractivity contribution in [3.8, 4) is 0 Å². The highest BCUT2D eigenvalue weighted by Gasteiger charge is 2.20. The molecule has 0 aliphatic heterocycles. The van der Waals surface area contributed by atoms with E-state index in [2.05, 4.69) is 39.9 Å². The number of benzene rings is 1. The number of nitrogens with one attached hydrogen (secondary N) is 1. The molecule has 1 aromatic carbocycles. The summed E-state index contributed by atoms with van der Waals surface area (Å²) in [6.45, 7) is 12.6. The Morgan fingerprint density at radius 2 is 1.70 bits per heavy atom. The predicted molar refractivity (Wildman–Crippen MR) is 102 cm³/mol. The first-order chi connectivity index (χ1) is 10.4. The quantitative estimate of drug-likeness (QED) is 0.542. The van der Waals surface area contributed by atoms with Crippen molar-refractivity contribution in [1.82, 2.24) is 0 Å². The molecule has 4 nitrogen and oxygen atoms in total. The molecule has 1 rings (SSSR count). The highest BCUT2D eigenvalue weighted by Crippen LogP contribution is 2.25. The van der Waals surface area contributed by atoms with Gasteiger partial charge in [-0.2, -0.15) is 0 Å². The molecule has 1 unspecified atom stereocenters. The Morgan fingerprint density at radius 1 is 1.17 bits per heavy atom. The van der Waals surface area contributed by atoms with Gasteiger partial charge in [0.05, 0.1) is 0 Å². The van der Waals surface area contributed by atoms with Gasteiger partial charge in [0, 0.05) is 19.4 Å². The zero-order valence-corrected chi connectivity index (χ0v) is 16.3. The van der Waals surface area contributed by atoms with Gasteiger partial charge in [0.25, 0.3) is 0 Å². The second-order valence-corrected chi connectivity index (χ2v) is 9.58. The lowest BCUT2D eigenvalue weighted by atomic mass is 9.82. The average Bonchev–Trinajstić information content (AvgIpc) is 2.34. The van der Waals surface area contributed by atoms with Crippen LogP contribution in [0.1, 0.15) is 46.6 Å². The monoisotopic (exact) mass is 340 g/mol. The summed E-state index contributed by atoms with van der Waals surface area (Å²) in [6.07, 6.45) is 3.45. The summed E-state index contributed by atoms with van der Waals surface area (Å²) in [5.74, 6) is 0. The van der Waals surface area contributed by atoms with Crippen LogP contribution in [-0.2, 0) is 11.2 Å². The van der Waals surface area contributed by atoms with E-state index in [-0.39, 0.29) is 5.54 Å². The van der Waals surface area contributed by atoms with Gasteiger partial charge in [-0.25, -0.2) is 0 Å². The lowest BCUT2D eigenvalue weighted by molar-refractivity contribution is -0.105. The summed E-state index contributed by atoms with van der Waals surface area (Å²) < 4.78 is 0. The Hall–Kier alpha value is -0.960. The number of aryl methyl sites for hydroxylation is 1. The molecule has 23 heavy (non-hydrogen) atoms. The third-order valence-electron chi connectivity index (χ3n) is 2.89. The van der Waals surface area contributed by atoms with Crippen LogP contribution in [-0.4, -0.2) is 29.7 Å². The van der Waals surface area contributed by atoms with Crippen LogP contribution in [0, 0.1) is 5.41 Å². The fraction of sp³-hybridized carbons (Fsp3) is 0.611. The summed E-state index contributed by atoms with van der Waals surface area (Å²) in [7, 11) is -0.810. The van der Waals surface area contributed by atoms with Crippen LogP contribution in [0.2, 0.25) is 0 Å². The summed E-state index contributed by atoms with van der Waals surface area (Å²) in [6, 6.07) is 7.65. The van der Waals surface area contributed by atoms with Gasteiger partial charge in [-0.3, -0.25) is 4.79 Å². The molecule has 4 N–H and O–H groups in total. The molecule has 0 saturated heterocycles. The van der Waals surface area contributed by atoms with E-state index in [1.165, 1.54) is 5.56 Å². The van der Waals surface area contributed by atoms with Crippen LogP contribution in [0.3, 0.4) is 0 Å². The maximum atomic E-state index is 10.1. The van der Waals surface area contributed by atoms with Gasteiger partial charge >= 0.3 is 0 Å². The van der Waals surface area contributed by atoms with Gasteiger partial charge in [-0.1, -0.05) is 32.9 Å². The van der Waals surface area contributed by atoms with Gasteiger partial charge in [0.2, 0.25) is 6.41 Å². The fourth-order valence-electron chi connectivity index (χ4n) is 2.49. The van der Waals surface area contributed by atoms with Crippen LogP contribution >= 0.6 is 8.15 Å². The van der Waals surface area contributed by atoms with E-state index in [9.17, 15) is 4.79 Å². The molecular weight excluding hydrogens is 307 g/mol. The number of rotatable bonds is 6. The van der Waals surface area contributed by atoms with Crippen LogP contribution in [0.5, 0.6) is 0 Å². The number of carbonyl (C=O) groups is 1. The third-order valence-corrected chi connectivity index (χ3v) is 3.76. The first-order valence-corrected chi connectivity index (χ1v) is 9.84. The molecule has 0 fully saturated rings. The van der Waals surface area contributed by atoms with E-state index in [1.807, 2.05) is 30.9 Å². The summed E-state index contributed by atoms with van der Waals surface area (Å²) >= 11 is 0. The number of amides is 1. The molecular formula is C18H33N2O2P. The molecule has 0 aliphatic carbocycles. The van der Waals surface area contributed by atoms with E-state index in [4.69, 9.17) is 10.6 Å². The van der Waals surface area contributed by atoms with Crippen molar-refractivity contribution < 1.29 is 9.69 Å². The fourth-order valence-corrected chi connectivity index (χ4v) is 3.08. The molecule has 132 valence electrons. The first-order valence-electron chi connectivity index (χ1n) is 7.91. The first kappa shape index (κ1) is 22.0. The minimum Gasteiger partial charge on any atom is -0.374 e. The normalized spacial score (nSPS) is 12.9. The maximum absolute atomic E-state index is 10.1. The average molecular weight is 340 g/mol. The Morgan fingerprint density at radius 3 is 2.00 bits per heavy atom. The van der Waals surface area contributed by atoms with Crippen LogP contribution in [0.4, 0.5) is 5.69 Å². The molecule has 1 atom stereocenters. The van der Waals surface area contributed by atoms with Crippen LogP contribution < -0.4 is 11.1 Å². The second-order valence-electron chi connectivity index (χ2n) is 7.82. The predicted octanol–water partition coefficient (Wildman–Crippen LogP) is 3.98. The molecule has 0 aliphatic rings. The van der Waals surface area contributed by atoms with Crippen molar-refractivity contribution in [1.29, 1.82) is 0 Å². The molecule has 0 saturated carbocycles. The Balaban J connectivity index is 0.000000468. The van der Waals surface area contributed by atoms with Crippen molar-refractivity contribution in [3.05, 3.63) is 29.8 Å².